The number of methoxy groups -OCH3 is 1. The molecule has 2 rings (SSSR count). The van der Waals surface area contributed by atoms with E-state index in [-0.39, 0.29) is 6.03 Å². The van der Waals surface area contributed by atoms with Crippen molar-refractivity contribution in [3.63, 3.8) is 0 Å². The molecular formula is C19H36N2O2. The molecule has 23 heavy (non-hydrogen) atoms. The second kappa shape index (κ2) is 7.87. The first kappa shape index (κ1) is 18.6. The normalized spacial score (nSPS) is 28.9. The Bertz CT molecular complexity index is 383. The number of hydrogen-bond donors (Lipinski definition) is 0. The lowest BCUT2D eigenvalue weighted by Crippen LogP contribution is -2.42. The molecule has 0 aromatic carbocycles. The molecule has 0 spiro atoms. The van der Waals surface area contributed by atoms with Crippen molar-refractivity contribution in [2.45, 2.75) is 65.4 Å². The van der Waals surface area contributed by atoms with Gasteiger partial charge in [-0.1, -0.05) is 20.8 Å². The van der Waals surface area contributed by atoms with Gasteiger partial charge in [-0.2, -0.15) is 0 Å². The first-order valence-electron chi connectivity index (χ1n) is 9.31. The van der Waals surface area contributed by atoms with Crippen LogP contribution in [0.3, 0.4) is 0 Å². The molecule has 1 aliphatic carbocycles. The maximum Gasteiger partial charge on any atom is 0.319 e. The van der Waals surface area contributed by atoms with Crippen molar-refractivity contribution in [2.75, 3.05) is 33.8 Å². The van der Waals surface area contributed by atoms with E-state index in [0.717, 1.165) is 38.9 Å². The van der Waals surface area contributed by atoms with Gasteiger partial charge < -0.3 is 14.5 Å². The van der Waals surface area contributed by atoms with E-state index in [1.54, 1.807) is 0 Å². The Morgan fingerprint density at radius 3 is 2.35 bits per heavy atom. The number of hydrogen-bond acceptors (Lipinski definition) is 2. The fraction of sp³-hybridized carbons (Fsp3) is 0.947. The van der Waals surface area contributed by atoms with Gasteiger partial charge in [0.25, 0.3) is 0 Å². The van der Waals surface area contributed by atoms with Crippen LogP contribution in [-0.4, -0.2) is 55.7 Å². The summed E-state index contributed by atoms with van der Waals surface area (Å²) in [5, 5.41) is 0. The molecule has 0 bridgehead atoms. The minimum absolute atomic E-state index is 0.232. The number of urea groups is 1. The standard InChI is InChI=1S/C19H36N2O2/c1-19(2,3)12-16-10-11-21(14-16)18(22)20(4)13-15-6-8-17(23-5)9-7-15/h15-17H,6-14H2,1-5H3/t15?,16-,17?/m1/s1. The molecule has 0 radical (unpaired) electrons. The zero-order valence-corrected chi connectivity index (χ0v) is 15.8. The second-order valence-corrected chi connectivity index (χ2v) is 8.91. The number of carbonyl (C=O) groups excluding carboxylic acids is 1. The van der Waals surface area contributed by atoms with Crippen LogP contribution < -0.4 is 0 Å². The lowest BCUT2D eigenvalue weighted by Gasteiger charge is -2.32. The maximum atomic E-state index is 12.7. The SMILES string of the molecule is COC1CCC(CN(C)C(=O)N2CC[C@H](CC(C)(C)C)C2)CC1. The number of carbonyl (C=O) groups is 1. The highest BCUT2D eigenvalue weighted by molar-refractivity contribution is 5.74. The van der Waals surface area contributed by atoms with Crippen molar-refractivity contribution in [3.05, 3.63) is 0 Å². The molecule has 1 heterocycles. The van der Waals surface area contributed by atoms with Gasteiger partial charge in [0.15, 0.2) is 0 Å². The highest BCUT2D eigenvalue weighted by atomic mass is 16.5. The van der Waals surface area contributed by atoms with Gasteiger partial charge in [0.1, 0.15) is 0 Å². The van der Waals surface area contributed by atoms with Gasteiger partial charge in [-0.25, -0.2) is 4.79 Å². The van der Waals surface area contributed by atoms with E-state index in [1.807, 2.05) is 19.1 Å². The fourth-order valence-electron chi connectivity index (χ4n) is 4.30. The van der Waals surface area contributed by atoms with Crippen molar-refractivity contribution in [2.24, 2.45) is 17.3 Å². The summed E-state index contributed by atoms with van der Waals surface area (Å²) in [6.45, 7) is 9.65. The summed E-state index contributed by atoms with van der Waals surface area (Å²) in [5.74, 6) is 1.31. The van der Waals surface area contributed by atoms with Gasteiger partial charge >= 0.3 is 6.03 Å². The average molecular weight is 325 g/mol. The van der Waals surface area contributed by atoms with Crippen LogP contribution in [0.25, 0.3) is 0 Å². The van der Waals surface area contributed by atoms with E-state index in [9.17, 15) is 4.79 Å². The van der Waals surface area contributed by atoms with Crippen LogP contribution in [0.4, 0.5) is 4.79 Å². The van der Waals surface area contributed by atoms with Crippen LogP contribution in [0.2, 0.25) is 0 Å². The van der Waals surface area contributed by atoms with Gasteiger partial charge in [0.2, 0.25) is 0 Å². The Labute approximate surface area is 142 Å². The predicted molar refractivity (Wildman–Crippen MR) is 94.5 cm³/mol. The zero-order chi connectivity index (χ0) is 17.0. The quantitative estimate of drug-likeness (QED) is 0.783. The minimum atomic E-state index is 0.232. The molecule has 2 amide bonds. The Kier molecular flexibility index (Phi) is 6.35. The minimum Gasteiger partial charge on any atom is -0.381 e. The third kappa shape index (κ3) is 5.66. The van der Waals surface area contributed by atoms with Gasteiger partial charge in [0.05, 0.1) is 6.10 Å². The Morgan fingerprint density at radius 1 is 1.13 bits per heavy atom. The Hall–Kier alpha value is -0.770. The maximum absolute atomic E-state index is 12.7. The van der Waals surface area contributed by atoms with E-state index >= 15 is 0 Å². The third-order valence-electron chi connectivity index (χ3n) is 5.44. The summed E-state index contributed by atoms with van der Waals surface area (Å²) >= 11 is 0. The summed E-state index contributed by atoms with van der Waals surface area (Å²) in [5.41, 5.74) is 0.357. The Morgan fingerprint density at radius 2 is 1.78 bits per heavy atom. The van der Waals surface area contributed by atoms with E-state index in [0.29, 0.717) is 23.4 Å². The molecule has 0 N–H and O–H groups in total. The average Bonchev–Trinajstić information content (AvgIpc) is 2.93. The number of likely N-dealkylation sites (tertiary alicyclic amines) is 1. The number of nitrogens with zero attached hydrogens (tertiary/aromatic N) is 2. The molecule has 2 aliphatic rings. The van der Waals surface area contributed by atoms with Crippen molar-refractivity contribution in [1.82, 2.24) is 9.80 Å². The molecule has 1 saturated heterocycles. The van der Waals surface area contributed by atoms with Crippen molar-refractivity contribution >= 4 is 6.03 Å². The monoisotopic (exact) mass is 324 g/mol. The molecule has 4 nitrogen and oxygen atoms in total. The van der Waals surface area contributed by atoms with Crippen molar-refractivity contribution in [3.8, 4) is 0 Å². The summed E-state index contributed by atoms with van der Waals surface area (Å²) in [6, 6.07) is 0.232. The summed E-state index contributed by atoms with van der Waals surface area (Å²) in [6.07, 6.45) is 7.45. The van der Waals surface area contributed by atoms with Gasteiger partial charge in [0, 0.05) is 33.8 Å². The zero-order valence-electron chi connectivity index (χ0n) is 15.8. The molecule has 4 heteroatoms. The highest BCUT2D eigenvalue weighted by Crippen LogP contribution is 2.31. The summed E-state index contributed by atoms with van der Waals surface area (Å²) in [7, 11) is 3.78. The van der Waals surface area contributed by atoms with Gasteiger partial charge in [-0.3, -0.25) is 0 Å². The molecule has 0 unspecified atom stereocenters. The van der Waals surface area contributed by atoms with E-state index in [2.05, 4.69) is 25.7 Å². The van der Waals surface area contributed by atoms with E-state index in [1.165, 1.54) is 19.3 Å². The van der Waals surface area contributed by atoms with Crippen LogP contribution in [0, 0.1) is 17.3 Å². The fourth-order valence-corrected chi connectivity index (χ4v) is 4.30. The smallest absolute Gasteiger partial charge is 0.319 e. The topological polar surface area (TPSA) is 32.8 Å². The van der Waals surface area contributed by atoms with Gasteiger partial charge in [-0.15, -0.1) is 0 Å². The molecule has 0 aromatic heterocycles. The van der Waals surface area contributed by atoms with Crippen LogP contribution in [-0.2, 0) is 4.74 Å². The van der Waals surface area contributed by atoms with E-state index in [4.69, 9.17) is 4.74 Å². The van der Waals surface area contributed by atoms with Crippen LogP contribution in [0.5, 0.6) is 0 Å². The molecule has 0 aromatic rings. The highest BCUT2D eigenvalue weighted by Gasteiger charge is 2.31. The van der Waals surface area contributed by atoms with Crippen LogP contribution in [0.15, 0.2) is 0 Å². The molecule has 1 aliphatic heterocycles. The first-order valence-corrected chi connectivity index (χ1v) is 9.31. The molecule has 2 fully saturated rings. The molecule has 1 saturated carbocycles. The Balaban J connectivity index is 1.75. The lowest BCUT2D eigenvalue weighted by atomic mass is 9.84. The molecular weight excluding hydrogens is 288 g/mol. The lowest BCUT2D eigenvalue weighted by molar-refractivity contribution is 0.0521. The van der Waals surface area contributed by atoms with Crippen LogP contribution >= 0.6 is 0 Å². The summed E-state index contributed by atoms with van der Waals surface area (Å²) in [4.78, 5) is 16.7. The number of ether oxygens (including phenoxy) is 1. The van der Waals surface area contributed by atoms with E-state index < -0.39 is 0 Å². The largest absolute Gasteiger partial charge is 0.381 e. The molecule has 1 atom stereocenters. The van der Waals surface area contributed by atoms with Crippen molar-refractivity contribution in [1.29, 1.82) is 0 Å². The third-order valence-corrected chi connectivity index (χ3v) is 5.44. The van der Waals surface area contributed by atoms with Crippen LogP contribution in [0.1, 0.15) is 59.3 Å². The number of rotatable bonds is 4. The van der Waals surface area contributed by atoms with Crippen molar-refractivity contribution < 1.29 is 9.53 Å². The first-order chi connectivity index (χ1) is 10.8. The second-order valence-electron chi connectivity index (χ2n) is 8.91. The molecule has 134 valence electrons. The summed E-state index contributed by atoms with van der Waals surface area (Å²) < 4.78 is 5.44. The van der Waals surface area contributed by atoms with Gasteiger partial charge in [-0.05, 0) is 55.8 Å². The predicted octanol–water partition coefficient (Wildman–Crippen LogP) is 4.00. The number of amides is 2.